The van der Waals surface area contributed by atoms with E-state index in [-0.39, 0.29) is 42.9 Å². The molecule has 1 amide bonds. The van der Waals surface area contributed by atoms with Crippen molar-refractivity contribution in [1.82, 2.24) is 14.9 Å². The van der Waals surface area contributed by atoms with Crippen molar-refractivity contribution < 1.29 is 29.1 Å². The van der Waals surface area contributed by atoms with Gasteiger partial charge in [-0.25, -0.2) is 9.78 Å². The largest absolute Gasteiger partial charge is 0.535 e. The van der Waals surface area contributed by atoms with Crippen LogP contribution in [0.2, 0.25) is 6.32 Å². The Morgan fingerprint density at radius 1 is 1.39 bits per heavy atom. The van der Waals surface area contributed by atoms with Gasteiger partial charge in [0.2, 0.25) is 5.91 Å². The third-order valence-corrected chi connectivity index (χ3v) is 4.72. The molecule has 9 nitrogen and oxygen atoms in total. The van der Waals surface area contributed by atoms with Gasteiger partial charge in [0, 0.05) is 11.9 Å². The molecule has 1 aromatic carbocycles. The number of fused-ring (bicyclic) bond motifs is 1. The molecule has 1 aromatic heterocycles. The van der Waals surface area contributed by atoms with Crippen molar-refractivity contribution in [2.45, 2.75) is 32.7 Å². The van der Waals surface area contributed by atoms with E-state index < -0.39 is 13.1 Å². The van der Waals surface area contributed by atoms with Crippen LogP contribution >= 0.6 is 0 Å². The van der Waals surface area contributed by atoms with Gasteiger partial charge in [-0.1, -0.05) is 13.5 Å². The maximum absolute atomic E-state index is 12.2. The van der Waals surface area contributed by atoms with Crippen molar-refractivity contribution in [3.63, 3.8) is 0 Å². The van der Waals surface area contributed by atoms with E-state index in [1.54, 1.807) is 23.2 Å². The van der Waals surface area contributed by atoms with Gasteiger partial charge in [0.05, 0.1) is 25.8 Å². The molecule has 3 heterocycles. The molecule has 1 saturated heterocycles. The molecule has 0 radical (unpaired) electrons. The third-order valence-electron chi connectivity index (χ3n) is 4.72. The molecule has 4 rings (SSSR count). The second kappa shape index (κ2) is 7.93. The molecule has 2 aliphatic heterocycles. The quantitative estimate of drug-likeness (QED) is 0.654. The number of aromatic carboxylic acids is 1. The number of amides is 1. The van der Waals surface area contributed by atoms with Gasteiger partial charge in [-0.15, -0.1) is 0 Å². The fourth-order valence-electron chi connectivity index (χ4n) is 3.27. The van der Waals surface area contributed by atoms with Crippen LogP contribution in [0.4, 0.5) is 0 Å². The SMILES string of the molecule is C.O=C(O)c1c(OC2CN(C(=O)Cc3cnc[nH]3)C2)ccc2c1OB(O)CC2. The Labute approximate surface area is 162 Å². The summed E-state index contributed by atoms with van der Waals surface area (Å²) in [6.45, 7) is 0.763. The van der Waals surface area contributed by atoms with Gasteiger partial charge in [0.25, 0.3) is 0 Å². The van der Waals surface area contributed by atoms with E-state index in [0.717, 1.165) is 11.3 Å². The minimum absolute atomic E-state index is 0. The molecule has 10 heteroatoms. The van der Waals surface area contributed by atoms with E-state index in [1.165, 1.54) is 6.33 Å². The van der Waals surface area contributed by atoms with Gasteiger partial charge in [-0.3, -0.25) is 4.79 Å². The highest BCUT2D eigenvalue weighted by atomic mass is 16.5. The average molecular weight is 387 g/mol. The minimum Gasteiger partial charge on any atom is -0.535 e. The lowest BCUT2D eigenvalue weighted by molar-refractivity contribution is -0.139. The zero-order valence-electron chi connectivity index (χ0n) is 14.4. The lowest BCUT2D eigenvalue weighted by Crippen LogP contribution is -2.56. The molecule has 0 aliphatic carbocycles. The Morgan fingerprint density at radius 3 is 2.86 bits per heavy atom. The summed E-state index contributed by atoms with van der Waals surface area (Å²) in [5.41, 5.74) is 1.38. The van der Waals surface area contributed by atoms with Gasteiger partial charge in [0.15, 0.2) is 0 Å². The lowest BCUT2D eigenvalue weighted by atomic mass is 9.78. The molecule has 2 aliphatic rings. The summed E-state index contributed by atoms with van der Waals surface area (Å²) >= 11 is 0. The molecule has 0 bridgehead atoms. The van der Waals surface area contributed by atoms with Crippen molar-refractivity contribution in [3.8, 4) is 11.5 Å². The van der Waals surface area contributed by atoms with E-state index in [1.807, 2.05) is 0 Å². The van der Waals surface area contributed by atoms with Crippen molar-refractivity contribution >= 4 is 19.0 Å². The molecule has 0 unspecified atom stereocenters. The van der Waals surface area contributed by atoms with E-state index in [2.05, 4.69) is 9.97 Å². The number of H-pyrrole nitrogens is 1. The highest BCUT2D eigenvalue weighted by molar-refractivity contribution is 6.44. The summed E-state index contributed by atoms with van der Waals surface area (Å²) in [5, 5.41) is 19.3. The fourth-order valence-corrected chi connectivity index (χ4v) is 3.27. The normalized spacial score (nSPS) is 15.8. The standard InChI is InChI=1S/C17H18BN3O6.CH4/c22-14(5-11-6-19-9-20-11)21-7-12(8-21)26-13-2-1-10-3-4-18(25)27-16(10)15(13)17(23)24;/h1-2,6,9,12,25H,3-5,7-8H2,(H,19,20)(H,23,24);1H4. The predicted octanol–water partition coefficient (Wildman–Crippen LogP) is 0.992. The Hall–Kier alpha value is -3.01. The number of imidazole rings is 1. The summed E-state index contributed by atoms with van der Waals surface area (Å²) in [6, 6.07) is 3.36. The topological polar surface area (TPSA) is 125 Å². The van der Waals surface area contributed by atoms with Crippen LogP contribution in [0.15, 0.2) is 24.7 Å². The highest BCUT2D eigenvalue weighted by Gasteiger charge is 2.35. The minimum atomic E-state index is -1.18. The molecule has 0 atom stereocenters. The number of aromatic nitrogens is 2. The number of nitrogens with one attached hydrogen (secondary N) is 1. The number of carboxylic acids is 1. The first-order valence-electron chi connectivity index (χ1n) is 8.67. The Morgan fingerprint density at radius 2 is 2.18 bits per heavy atom. The Bertz CT molecular complexity index is 866. The molecule has 148 valence electrons. The van der Waals surface area contributed by atoms with Crippen molar-refractivity contribution in [1.29, 1.82) is 0 Å². The number of ether oxygens (including phenoxy) is 1. The number of benzene rings is 1. The van der Waals surface area contributed by atoms with Gasteiger partial charge < -0.3 is 29.4 Å². The first-order chi connectivity index (χ1) is 13.0. The smallest absolute Gasteiger partial charge is 0.522 e. The number of aromatic amines is 1. The number of carboxylic acid groups (broad SMARTS) is 1. The average Bonchev–Trinajstić information content (AvgIpc) is 3.09. The van der Waals surface area contributed by atoms with E-state index in [0.29, 0.717) is 25.8 Å². The van der Waals surface area contributed by atoms with Crippen LogP contribution in [0.1, 0.15) is 29.0 Å². The van der Waals surface area contributed by atoms with E-state index in [9.17, 15) is 19.7 Å². The zero-order chi connectivity index (χ0) is 19.0. The monoisotopic (exact) mass is 387 g/mol. The van der Waals surface area contributed by atoms with E-state index in [4.69, 9.17) is 9.39 Å². The van der Waals surface area contributed by atoms with Gasteiger partial charge in [-0.05, 0) is 24.4 Å². The van der Waals surface area contributed by atoms with Crippen LogP contribution < -0.4 is 9.39 Å². The van der Waals surface area contributed by atoms with E-state index >= 15 is 0 Å². The molecule has 3 N–H and O–H groups in total. The molecule has 28 heavy (non-hydrogen) atoms. The summed E-state index contributed by atoms with van der Waals surface area (Å²) in [6.07, 6.45) is 4.02. The van der Waals surface area contributed by atoms with Crippen LogP contribution in [0.5, 0.6) is 11.5 Å². The number of hydrogen-bond acceptors (Lipinski definition) is 6. The van der Waals surface area contributed by atoms with Crippen LogP contribution in [0.3, 0.4) is 0 Å². The maximum Gasteiger partial charge on any atom is 0.522 e. The molecule has 0 spiro atoms. The number of aryl methyl sites for hydroxylation is 1. The third kappa shape index (κ3) is 3.82. The summed E-state index contributed by atoms with van der Waals surface area (Å²) in [4.78, 5) is 32.3. The number of nitrogens with zero attached hydrogens (tertiary/aromatic N) is 2. The zero-order valence-corrected chi connectivity index (χ0v) is 14.4. The van der Waals surface area contributed by atoms with Gasteiger partial charge in [0.1, 0.15) is 23.2 Å². The van der Waals surface area contributed by atoms with Crippen molar-refractivity contribution in [2.24, 2.45) is 0 Å². The summed E-state index contributed by atoms with van der Waals surface area (Å²) < 4.78 is 11.1. The maximum atomic E-state index is 12.2. The second-order valence-corrected chi connectivity index (χ2v) is 6.64. The van der Waals surface area contributed by atoms with Crippen LogP contribution in [-0.2, 0) is 17.6 Å². The summed E-state index contributed by atoms with van der Waals surface area (Å²) in [7, 11) is -1.02. The van der Waals surface area contributed by atoms with Gasteiger partial charge in [-0.2, -0.15) is 0 Å². The Kier molecular flexibility index (Phi) is 5.59. The number of likely N-dealkylation sites (tertiary alicyclic amines) is 1. The predicted molar refractivity (Wildman–Crippen MR) is 101 cm³/mol. The highest BCUT2D eigenvalue weighted by Crippen LogP contribution is 2.37. The number of rotatable bonds is 5. The van der Waals surface area contributed by atoms with Crippen molar-refractivity contribution in [3.05, 3.63) is 41.5 Å². The Balaban J connectivity index is 0.00000225. The number of hydrogen-bond donors (Lipinski definition) is 3. The van der Waals surface area contributed by atoms with Crippen molar-refractivity contribution in [2.75, 3.05) is 13.1 Å². The number of carbonyl (C=O) groups is 2. The molecule has 1 fully saturated rings. The lowest BCUT2D eigenvalue weighted by Gasteiger charge is -2.39. The number of carbonyl (C=O) groups excluding carboxylic acids is 1. The first kappa shape index (κ1) is 19.7. The molecular formula is C18H22BN3O6. The fraction of sp³-hybridized carbons (Fsp3) is 0.389. The van der Waals surface area contributed by atoms with Gasteiger partial charge >= 0.3 is 13.1 Å². The summed E-state index contributed by atoms with van der Waals surface area (Å²) in [5.74, 6) is -0.886. The molecule has 2 aromatic rings. The van der Waals surface area contributed by atoms with Crippen LogP contribution in [0, 0.1) is 0 Å². The molecule has 0 saturated carbocycles. The molecular weight excluding hydrogens is 365 g/mol. The second-order valence-electron chi connectivity index (χ2n) is 6.64. The van der Waals surface area contributed by atoms with Crippen LogP contribution in [0.25, 0.3) is 0 Å². The van der Waals surface area contributed by atoms with Crippen LogP contribution in [-0.4, -0.2) is 63.2 Å². The first-order valence-corrected chi connectivity index (χ1v) is 8.67.